The smallest absolute Gasteiger partial charge is 0.332 e. The van der Waals surface area contributed by atoms with Crippen molar-refractivity contribution >= 4 is 13.6 Å². The fourth-order valence-electron chi connectivity index (χ4n) is 1.36. The molecule has 102 valence electrons. The summed E-state index contributed by atoms with van der Waals surface area (Å²) >= 11 is 0. The van der Waals surface area contributed by atoms with E-state index in [0.29, 0.717) is 0 Å². The average Bonchev–Trinajstić information content (AvgIpc) is 2.12. The number of esters is 1. The zero-order chi connectivity index (χ0) is 13.6. The highest BCUT2D eigenvalue weighted by atomic mass is 31.2. The maximum absolute atomic E-state index is 12.4. The highest BCUT2D eigenvalue weighted by Gasteiger charge is 2.32. The number of ether oxygens (including phenoxy) is 1. The van der Waals surface area contributed by atoms with Crippen molar-refractivity contribution in [1.29, 1.82) is 0 Å². The van der Waals surface area contributed by atoms with Gasteiger partial charge in [0, 0.05) is 0 Å². The minimum absolute atomic E-state index is 0.0377. The second-order valence-corrected chi connectivity index (χ2v) is 6.53. The molecule has 0 aromatic carbocycles. The van der Waals surface area contributed by atoms with Crippen LogP contribution in [-0.4, -0.2) is 31.4 Å². The Labute approximate surface area is 103 Å². The van der Waals surface area contributed by atoms with Gasteiger partial charge in [0.05, 0.1) is 31.4 Å². The Bertz CT molecular complexity index is 274. The number of hydrogen-bond donors (Lipinski definition) is 0. The van der Waals surface area contributed by atoms with Crippen molar-refractivity contribution in [2.24, 2.45) is 5.92 Å². The molecule has 0 heterocycles. The van der Waals surface area contributed by atoms with E-state index < -0.39 is 19.5 Å². The molecule has 1 atom stereocenters. The van der Waals surface area contributed by atoms with Gasteiger partial charge in [-0.05, 0) is 27.7 Å². The average molecular weight is 266 g/mol. The van der Waals surface area contributed by atoms with Crippen molar-refractivity contribution in [3.8, 4) is 0 Å². The Kier molecular flexibility index (Phi) is 6.98. The van der Waals surface area contributed by atoms with Gasteiger partial charge in [-0.2, -0.15) is 0 Å². The summed E-state index contributed by atoms with van der Waals surface area (Å²) in [6.45, 7) is 8.75. The molecule has 1 unspecified atom stereocenters. The van der Waals surface area contributed by atoms with E-state index in [1.165, 1.54) is 7.11 Å². The van der Waals surface area contributed by atoms with Crippen molar-refractivity contribution in [2.75, 3.05) is 13.3 Å². The number of carbonyl (C=O) groups is 1. The van der Waals surface area contributed by atoms with E-state index in [4.69, 9.17) is 9.05 Å². The Morgan fingerprint density at radius 1 is 1.06 bits per heavy atom. The fraction of sp³-hybridized carbons (Fsp3) is 0.909. The number of hydrogen-bond acceptors (Lipinski definition) is 5. The maximum atomic E-state index is 12.4. The summed E-state index contributed by atoms with van der Waals surface area (Å²) in [4.78, 5) is 11.3. The molecule has 0 N–H and O–H groups in total. The van der Waals surface area contributed by atoms with Crippen LogP contribution >= 0.6 is 7.60 Å². The van der Waals surface area contributed by atoms with Gasteiger partial charge in [-0.3, -0.25) is 9.36 Å². The Hall–Kier alpha value is -0.380. The minimum atomic E-state index is -3.26. The predicted octanol–water partition coefficient (Wildman–Crippen LogP) is 2.84. The Morgan fingerprint density at radius 2 is 1.47 bits per heavy atom. The molecule has 0 aromatic heterocycles. The van der Waals surface area contributed by atoms with Crippen LogP contribution in [0.15, 0.2) is 0 Å². The molecule has 0 radical (unpaired) electrons. The number of carbonyl (C=O) groups excluding carboxylic acids is 1. The van der Waals surface area contributed by atoms with Gasteiger partial charge in [0.25, 0.3) is 0 Å². The Balaban J connectivity index is 4.69. The molecule has 0 spiro atoms. The lowest BCUT2D eigenvalue weighted by Gasteiger charge is -2.24. The summed E-state index contributed by atoms with van der Waals surface area (Å²) in [6.07, 6.45) is -0.399. The van der Waals surface area contributed by atoms with Crippen LogP contribution in [0.1, 0.15) is 34.6 Å². The van der Waals surface area contributed by atoms with Gasteiger partial charge in [-0.25, -0.2) is 0 Å². The zero-order valence-corrected chi connectivity index (χ0v) is 12.3. The van der Waals surface area contributed by atoms with E-state index in [1.807, 2.05) is 0 Å². The van der Waals surface area contributed by atoms with E-state index in [2.05, 4.69) is 4.74 Å². The molecule has 0 amide bonds. The molecule has 0 aliphatic rings. The first-order chi connectivity index (χ1) is 7.70. The molecule has 0 aromatic rings. The van der Waals surface area contributed by atoms with Crippen molar-refractivity contribution in [3.63, 3.8) is 0 Å². The standard InChI is InChI=1S/C11H23O5P/c1-8(2)15-17(13,16-9(3)4)7-10(5)11(12)14-6/h8-10H,7H2,1-6H3. The van der Waals surface area contributed by atoms with Crippen LogP contribution in [0.5, 0.6) is 0 Å². The monoisotopic (exact) mass is 266 g/mol. The van der Waals surface area contributed by atoms with Crippen molar-refractivity contribution in [3.05, 3.63) is 0 Å². The van der Waals surface area contributed by atoms with Gasteiger partial charge in [-0.15, -0.1) is 0 Å². The molecule has 0 saturated heterocycles. The van der Waals surface area contributed by atoms with Crippen LogP contribution in [0.4, 0.5) is 0 Å². The topological polar surface area (TPSA) is 61.8 Å². The first-order valence-electron chi connectivity index (χ1n) is 5.74. The molecule has 6 heteroatoms. The maximum Gasteiger partial charge on any atom is 0.332 e. The lowest BCUT2D eigenvalue weighted by Crippen LogP contribution is -2.20. The SMILES string of the molecule is COC(=O)C(C)CP(=O)(OC(C)C)OC(C)C. The van der Waals surface area contributed by atoms with E-state index in [-0.39, 0.29) is 18.4 Å². The van der Waals surface area contributed by atoms with Crippen molar-refractivity contribution in [2.45, 2.75) is 46.8 Å². The van der Waals surface area contributed by atoms with Gasteiger partial charge >= 0.3 is 13.6 Å². The van der Waals surface area contributed by atoms with Crippen LogP contribution in [0.2, 0.25) is 0 Å². The highest BCUT2D eigenvalue weighted by Crippen LogP contribution is 2.51. The minimum Gasteiger partial charge on any atom is -0.469 e. The second-order valence-electron chi connectivity index (χ2n) is 4.53. The molecule has 0 bridgehead atoms. The molecule has 0 aliphatic carbocycles. The molecule has 17 heavy (non-hydrogen) atoms. The molecule has 0 aliphatic heterocycles. The van der Waals surface area contributed by atoms with Gasteiger partial charge < -0.3 is 13.8 Å². The lowest BCUT2D eigenvalue weighted by atomic mass is 10.2. The molecule has 0 fully saturated rings. The van der Waals surface area contributed by atoms with Crippen LogP contribution in [0.25, 0.3) is 0 Å². The van der Waals surface area contributed by atoms with Gasteiger partial charge in [0.15, 0.2) is 0 Å². The van der Waals surface area contributed by atoms with Crippen LogP contribution in [0.3, 0.4) is 0 Å². The van der Waals surface area contributed by atoms with E-state index in [1.54, 1.807) is 34.6 Å². The van der Waals surface area contributed by atoms with Gasteiger partial charge in [0.2, 0.25) is 0 Å². The molecule has 0 saturated carbocycles. The number of methoxy groups -OCH3 is 1. The van der Waals surface area contributed by atoms with Crippen LogP contribution in [0, 0.1) is 5.92 Å². The van der Waals surface area contributed by atoms with Crippen LogP contribution < -0.4 is 0 Å². The largest absolute Gasteiger partial charge is 0.469 e. The summed E-state index contributed by atoms with van der Waals surface area (Å²) in [5.74, 6) is -0.923. The predicted molar refractivity (Wildman–Crippen MR) is 66.1 cm³/mol. The van der Waals surface area contributed by atoms with E-state index in [9.17, 15) is 9.36 Å². The quantitative estimate of drug-likeness (QED) is 0.523. The number of rotatable bonds is 7. The summed E-state index contributed by atoms with van der Waals surface area (Å²) in [5, 5.41) is 0. The summed E-state index contributed by atoms with van der Waals surface area (Å²) in [6, 6.07) is 0. The molecular formula is C11H23O5P. The normalized spacial score (nSPS) is 14.1. The molecule has 0 rings (SSSR count). The molecular weight excluding hydrogens is 243 g/mol. The zero-order valence-electron chi connectivity index (χ0n) is 11.4. The second kappa shape index (κ2) is 7.14. The van der Waals surface area contributed by atoms with E-state index >= 15 is 0 Å². The summed E-state index contributed by atoms with van der Waals surface area (Å²) < 4.78 is 27.7. The van der Waals surface area contributed by atoms with E-state index in [0.717, 1.165) is 0 Å². The molecule has 5 nitrogen and oxygen atoms in total. The lowest BCUT2D eigenvalue weighted by molar-refractivity contribution is -0.144. The first-order valence-corrected chi connectivity index (χ1v) is 7.46. The van der Waals surface area contributed by atoms with Crippen molar-refractivity contribution in [1.82, 2.24) is 0 Å². The van der Waals surface area contributed by atoms with Gasteiger partial charge in [0.1, 0.15) is 0 Å². The Morgan fingerprint density at radius 3 is 1.76 bits per heavy atom. The summed E-state index contributed by atoms with van der Waals surface area (Å²) in [7, 11) is -1.95. The van der Waals surface area contributed by atoms with Crippen molar-refractivity contribution < 1.29 is 23.1 Å². The van der Waals surface area contributed by atoms with Crippen LogP contribution in [-0.2, 0) is 23.1 Å². The third-order valence-electron chi connectivity index (χ3n) is 1.84. The summed E-state index contributed by atoms with van der Waals surface area (Å²) in [5.41, 5.74) is 0. The first kappa shape index (κ1) is 16.6. The third-order valence-corrected chi connectivity index (χ3v) is 4.32. The third kappa shape index (κ3) is 6.81. The highest BCUT2D eigenvalue weighted by molar-refractivity contribution is 7.53. The fourth-order valence-corrected chi connectivity index (χ4v) is 3.69. The van der Waals surface area contributed by atoms with Gasteiger partial charge in [-0.1, -0.05) is 6.92 Å².